The number of rotatable bonds is 7. The van der Waals surface area contributed by atoms with E-state index in [1.807, 2.05) is 43.1 Å². The maximum absolute atomic E-state index is 12.7. The van der Waals surface area contributed by atoms with Gasteiger partial charge in [-0.05, 0) is 50.3 Å². The molecule has 29 heavy (non-hydrogen) atoms. The summed E-state index contributed by atoms with van der Waals surface area (Å²) in [5, 5.41) is 14.9. The van der Waals surface area contributed by atoms with E-state index in [4.69, 9.17) is 0 Å². The number of hydrogen-bond acceptors (Lipinski definition) is 4. The second kappa shape index (κ2) is 9.09. The van der Waals surface area contributed by atoms with E-state index in [9.17, 15) is 14.7 Å². The van der Waals surface area contributed by atoms with Crippen molar-refractivity contribution in [2.45, 2.75) is 45.7 Å². The Morgan fingerprint density at radius 2 is 1.90 bits per heavy atom. The number of allylic oxidation sites excluding steroid dienone is 1. The quantitative estimate of drug-likeness (QED) is 0.661. The van der Waals surface area contributed by atoms with Crippen molar-refractivity contribution in [1.29, 1.82) is 0 Å². The van der Waals surface area contributed by atoms with Crippen molar-refractivity contribution < 1.29 is 14.7 Å². The van der Waals surface area contributed by atoms with Crippen LogP contribution in [0.25, 0.3) is 0 Å². The zero-order valence-electron chi connectivity index (χ0n) is 17.3. The van der Waals surface area contributed by atoms with Gasteiger partial charge in [0.2, 0.25) is 0 Å². The van der Waals surface area contributed by atoms with Crippen molar-refractivity contribution in [3.8, 4) is 0 Å². The van der Waals surface area contributed by atoms with E-state index in [0.717, 1.165) is 35.2 Å². The molecule has 2 aliphatic rings. The van der Waals surface area contributed by atoms with E-state index >= 15 is 0 Å². The number of carbonyl (C=O) groups excluding carboxylic acids is 2. The zero-order valence-corrected chi connectivity index (χ0v) is 17.3. The smallest absolute Gasteiger partial charge is 0.253 e. The van der Waals surface area contributed by atoms with Crippen molar-refractivity contribution in [3.05, 3.63) is 70.1 Å². The number of hydrogen-bond donors (Lipinski definition) is 3. The summed E-state index contributed by atoms with van der Waals surface area (Å²) in [7, 11) is 1.59. The average Bonchev–Trinajstić information content (AvgIpc) is 3.51. The predicted molar refractivity (Wildman–Crippen MR) is 113 cm³/mol. The number of amides is 2. The molecule has 1 aromatic carbocycles. The summed E-state index contributed by atoms with van der Waals surface area (Å²) in [6.45, 7) is 4.55. The third-order valence-corrected chi connectivity index (χ3v) is 5.00. The summed E-state index contributed by atoms with van der Waals surface area (Å²) in [5.74, 6) is -0.370. The Kier molecular flexibility index (Phi) is 6.54. The highest BCUT2D eigenvalue weighted by atomic mass is 16.3. The first-order valence-corrected chi connectivity index (χ1v) is 10.0. The Morgan fingerprint density at radius 1 is 1.17 bits per heavy atom. The molecule has 3 rings (SSSR count). The summed E-state index contributed by atoms with van der Waals surface area (Å²) in [6.07, 6.45) is 6.11. The van der Waals surface area contributed by atoms with Crippen molar-refractivity contribution in [2.24, 2.45) is 0 Å². The fourth-order valence-corrected chi connectivity index (χ4v) is 3.47. The number of aliphatic hydroxyl groups excluding tert-OH is 1. The Balaban J connectivity index is 1.96. The average molecular weight is 396 g/mol. The van der Waals surface area contributed by atoms with Crippen molar-refractivity contribution in [3.63, 3.8) is 0 Å². The first-order chi connectivity index (χ1) is 13.9. The molecular weight excluding hydrogens is 366 g/mol. The molecule has 1 aromatic rings. The lowest BCUT2D eigenvalue weighted by Gasteiger charge is -2.31. The number of benzene rings is 1. The van der Waals surface area contributed by atoms with Gasteiger partial charge in [0.15, 0.2) is 0 Å². The normalized spacial score (nSPS) is 16.1. The van der Waals surface area contributed by atoms with Gasteiger partial charge in [-0.3, -0.25) is 9.59 Å². The van der Waals surface area contributed by atoms with Crippen LogP contribution in [0.3, 0.4) is 0 Å². The molecule has 6 heteroatoms. The second-order valence-corrected chi connectivity index (χ2v) is 7.74. The standard InChI is InChI=1S/C23H29N3O3/c1-15(2)21-20(23(29)24-3)12-18(22(28)25-19-7-8-19)14-26(21)13-17-6-4-5-16(11-17)9-10-27/h4-6,11-12,14,19,27H,7-10,13H2,1-3H3,(H,24,29)(H,25,28). The largest absolute Gasteiger partial charge is 0.396 e. The van der Waals surface area contributed by atoms with Gasteiger partial charge >= 0.3 is 0 Å². The highest BCUT2D eigenvalue weighted by Crippen LogP contribution is 2.30. The van der Waals surface area contributed by atoms with Crippen LogP contribution in [-0.4, -0.2) is 41.5 Å². The molecule has 154 valence electrons. The summed E-state index contributed by atoms with van der Waals surface area (Å²) in [5.41, 5.74) is 4.86. The molecule has 0 atom stereocenters. The molecule has 1 saturated carbocycles. The van der Waals surface area contributed by atoms with Crippen LogP contribution in [0, 0.1) is 0 Å². The predicted octanol–water partition coefficient (Wildman–Crippen LogP) is 2.17. The molecule has 0 bridgehead atoms. The maximum Gasteiger partial charge on any atom is 0.253 e. The molecule has 1 heterocycles. The van der Waals surface area contributed by atoms with Crippen molar-refractivity contribution in [1.82, 2.24) is 15.5 Å². The molecule has 2 amide bonds. The minimum absolute atomic E-state index is 0.0985. The minimum Gasteiger partial charge on any atom is -0.396 e. The van der Waals surface area contributed by atoms with Gasteiger partial charge in [0.05, 0.1) is 16.8 Å². The van der Waals surface area contributed by atoms with Crippen LogP contribution >= 0.6 is 0 Å². The Bertz CT molecular complexity index is 890. The molecule has 1 aliphatic carbocycles. The van der Waals surface area contributed by atoms with Crippen LogP contribution in [0.1, 0.15) is 37.8 Å². The minimum atomic E-state index is -0.218. The van der Waals surface area contributed by atoms with Gasteiger partial charge in [-0.1, -0.05) is 29.8 Å². The molecular formula is C23H29N3O3. The Morgan fingerprint density at radius 3 is 2.52 bits per heavy atom. The molecule has 1 aliphatic heterocycles. The number of carbonyl (C=O) groups is 2. The maximum atomic E-state index is 12.7. The molecule has 0 aromatic heterocycles. The molecule has 1 fully saturated rings. The fraction of sp³-hybridized carbons (Fsp3) is 0.391. The highest BCUT2D eigenvalue weighted by Gasteiger charge is 2.29. The summed E-state index contributed by atoms with van der Waals surface area (Å²) in [6, 6.07) is 8.26. The van der Waals surface area contributed by atoms with E-state index in [-0.39, 0.29) is 24.5 Å². The van der Waals surface area contributed by atoms with E-state index in [1.165, 1.54) is 0 Å². The van der Waals surface area contributed by atoms with Crippen LogP contribution in [0.4, 0.5) is 0 Å². The van der Waals surface area contributed by atoms with Crippen LogP contribution in [0.15, 0.2) is 59.0 Å². The van der Waals surface area contributed by atoms with Crippen LogP contribution in [0.5, 0.6) is 0 Å². The monoisotopic (exact) mass is 395 g/mol. The van der Waals surface area contributed by atoms with Gasteiger partial charge in [-0.25, -0.2) is 0 Å². The lowest BCUT2D eigenvalue weighted by Crippen LogP contribution is -2.34. The van der Waals surface area contributed by atoms with Gasteiger partial charge in [-0.15, -0.1) is 0 Å². The number of likely N-dealkylation sites (N-methyl/N-ethyl adjacent to an activating group) is 1. The third-order valence-electron chi connectivity index (χ3n) is 5.00. The fourth-order valence-electron chi connectivity index (χ4n) is 3.47. The van der Waals surface area contributed by atoms with E-state index < -0.39 is 0 Å². The first-order valence-electron chi connectivity index (χ1n) is 10.0. The molecule has 0 radical (unpaired) electrons. The van der Waals surface area contributed by atoms with Crippen molar-refractivity contribution in [2.75, 3.05) is 13.7 Å². The van der Waals surface area contributed by atoms with Gasteiger partial charge in [-0.2, -0.15) is 0 Å². The second-order valence-electron chi connectivity index (χ2n) is 7.74. The lowest BCUT2D eigenvalue weighted by molar-refractivity contribution is -0.117. The number of nitrogens with zero attached hydrogens (tertiary/aromatic N) is 1. The van der Waals surface area contributed by atoms with E-state index in [1.54, 1.807) is 13.1 Å². The summed E-state index contributed by atoms with van der Waals surface area (Å²) in [4.78, 5) is 27.3. The molecule has 0 saturated heterocycles. The zero-order chi connectivity index (χ0) is 21.0. The summed E-state index contributed by atoms with van der Waals surface area (Å²) < 4.78 is 0. The topological polar surface area (TPSA) is 81.7 Å². The van der Waals surface area contributed by atoms with Gasteiger partial charge in [0.25, 0.3) is 11.8 Å². The van der Waals surface area contributed by atoms with Crippen molar-refractivity contribution >= 4 is 11.8 Å². The third kappa shape index (κ3) is 5.15. The molecule has 0 unspecified atom stereocenters. The van der Waals surface area contributed by atoms with Crippen LogP contribution in [-0.2, 0) is 22.6 Å². The summed E-state index contributed by atoms with van der Waals surface area (Å²) >= 11 is 0. The van der Waals surface area contributed by atoms with Gasteiger partial charge < -0.3 is 20.6 Å². The van der Waals surface area contributed by atoms with Gasteiger partial charge in [0.1, 0.15) is 0 Å². The van der Waals surface area contributed by atoms with E-state index in [2.05, 4.69) is 16.7 Å². The number of aliphatic hydroxyl groups is 1. The lowest BCUT2D eigenvalue weighted by atomic mass is 9.98. The van der Waals surface area contributed by atoms with Crippen LogP contribution in [0.2, 0.25) is 0 Å². The first kappa shape index (κ1) is 20.9. The SMILES string of the molecule is CNC(=O)C1=CC(C(=O)NC2CC2)=CN(Cc2cccc(CCO)c2)C1=C(C)C. The molecule has 3 N–H and O–H groups in total. The highest BCUT2D eigenvalue weighted by molar-refractivity contribution is 6.04. The van der Waals surface area contributed by atoms with Gasteiger partial charge in [0, 0.05) is 32.4 Å². The Hall–Kier alpha value is -2.86. The van der Waals surface area contributed by atoms with E-state index in [0.29, 0.717) is 24.1 Å². The van der Waals surface area contributed by atoms with Crippen LogP contribution < -0.4 is 10.6 Å². The molecule has 6 nitrogen and oxygen atoms in total. The number of nitrogens with one attached hydrogen (secondary N) is 2. The molecule has 0 spiro atoms. The Labute approximate surface area is 172 Å².